The van der Waals surface area contributed by atoms with Gasteiger partial charge in [-0.25, -0.2) is 9.13 Å². The first-order valence-corrected chi connectivity index (χ1v) is 40.9. The predicted molar refractivity (Wildman–Crippen MR) is 372 cm³/mol. The summed E-state index contributed by atoms with van der Waals surface area (Å²) in [6.45, 7) is 11.8. The van der Waals surface area contributed by atoms with E-state index in [4.69, 9.17) is 37.0 Å². The minimum absolute atomic E-state index is 0.103. The number of rotatable bonds is 71. The molecule has 0 aliphatic rings. The highest BCUT2D eigenvalue weighted by atomic mass is 31.2. The summed E-state index contributed by atoms with van der Waals surface area (Å²) in [6.07, 6.45) is 48.8. The number of carbonyl (C=O) groups excluding carboxylic acids is 4. The first-order chi connectivity index (χ1) is 44.3. The number of unbranched alkanes of at least 4 members (excludes halogenated alkanes) is 38. The largest absolute Gasteiger partial charge is 0.472 e. The number of aliphatic hydroxyl groups excluding tert-OH is 1. The summed E-state index contributed by atoms with van der Waals surface area (Å²) in [4.78, 5) is 72.6. The van der Waals surface area contributed by atoms with E-state index in [-0.39, 0.29) is 25.7 Å². The molecule has 0 bridgehead atoms. The maximum absolute atomic E-state index is 13.0. The second-order valence-electron chi connectivity index (χ2n) is 27.5. The number of phosphoric acid groups is 2. The van der Waals surface area contributed by atoms with E-state index in [1.807, 2.05) is 0 Å². The van der Waals surface area contributed by atoms with Gasteiger partial charge in [0.25, 0.3) is 0 Å². The lowest BCUT2D eigenvalue weighted by atomic mass is 10.00. The molecular formula is C73H142O17P2. The van der Waals surface area contributed by atoms with Crippen LogP contribution in [0.5, 0.6) is 0 Å². The summed E-state index contributed by atoms with van der Waals surface area (Å²) < 4.78 is 68.3. The molecule has 3 N–H and O–H groups in total. The third-order valence-corrected chi connectivity index (χ3v) is 19.1. The van der Waals surface area contributed by atoms with Gasteiger partial charge in [-0.1, -0.05) is 318 Å². The van der Waals surface area contributed by atoms with E-state index >= 15 is 0 Å². The first kappa shape index (κ1) is 90.1. The van der Waals surface area contributed by atoms with Crippen molar-refractivity contribution in [2.24, 2.45) is 17.8 Å². The lowest BCUT2D eigenvalue weighted by molar-refractivity contribution is -0.161. The minimum Gasteiger partial charge on any atom is -0.462 e. The van der Waals surface area contributed by atoms with E-state index in [0.717, 1.165) is 114 Å². The van der Waals surface area contributed by atoms with Gasteiger partial charge in [-0.3, -0.25) is 37.3 Å². The van der Waals surface area contributed by atoms with Crippen LogP contribution in [0.1, 0.15) is 370 Å². The molecule has 17 nitrogen and oxygen atoms in total. The monoisotopic (exact) mass is 1350 g/mol. The molecule has 92 heavy (non-hydrogen) atoms. The molecule has 0 amide bonds. The van der Waals surface area contributed by atoms with Crippen molar-refractivity contribution >= 4 is 39.5 Å². The Labute approximate surface area is 562 Å². The number of aliphatic hydroxyl groups is 1. The number of ether oxygens (including phenoxy) is 4. The predicted octanol–water partition coefficient (Wildman–Crippen LogP) is 21.0. The van der Waals surface area contributed by atoms with Gasteiger partial charge in [-0.15, -0.1) is 0 Å². The molecule has 0 fully saturated rings. The zero-order valence-electron chi connectivity index (χ0n) is 60.0. The first-order valence-electron chi connectivity index (χ1n) is 37.9. The second-order valence-corrected chi connectivity index (χ2v) is 30.4. The SMILES string of the molecule is CCCCCCCCCCCCCCCCCCCCCCC(=O)O[C@H](COC(=O)CCCCCCCCCCC(C)C)COP(=O)(O)OC[C@@H](O)COP(=O)(O)OC[C@@H](COC(=O)CCCCCCCCC(C)CC)OC(=O)CCCCCCCCCCC(C)C. The molecule has 0 aromatic rings. The Balaban J connectivity index is 5.20. The highest BCUT2D eigenvalue weighted by molar-refractivity contribution is 7.47. The van der Waals surface area contributed by atoms with Crippen LogP contribution in [0.15, 0.2) is 0 Å². The molecule has 0 spiro atoms. The maximum Gasteiger partial charge on any atom is 0.472 e. The van der Waals surface area contributed by atoms with Gasteiger partial charge in [0.05, 0.1) is 26.4 Å². The number of hydrogen-bond acceptors (Lipinski definition) is 15. The molecular weight excluding hydrogens is 1210 g/mol. The van der Waals surface area contributed by atoms with Gasteiger partial charge in [0, 0.05) is 25.7 Å². The van der Waals surface area contributed by atoms with Gasteiger partial charge in [0.1, 0.15) is 19.3 Å². The minimum atomic E-state index is -4.95. The Hall–Kier alpha value is -1.94. The van der Waals surface area contributed by atoms with Crippen LogP contribution in [0.3, 0.4) is 0 Å². The number of phosphoric ester groups is 2. The smallest absolute Gasteiger partial charge is 0.462 e. The van der Waals surface area contributed by atoms with E-state index in [2.05, 4.69) is 48.5 Å². The molecule has 0 rings (SSSR count). The van der Waals surface area contributed by atoms with Gasteiger partial charge in [0.15, 0.2) is 12.2 Å². The van der Waals surface area contributed by atoms with Crippen molar-refractivity contribution < 1.29 is 80.2 Å². The standard InChI is InChI=1S/C73H142O17P2/c1-8-10-11-12-13-14-15-16-17-18-19-20-21-22-23-24-25-33-42-49-56-72(77)89-68(60-83-70(75)54-47-40-32-28-26-30-37-44-51-64(3)4)62-87-91(79,80)85-58-67(74)59-86-92(81,82)88-63-69(61-84-71(76)55-48-41-36-35-39-46-53-66(7)9-2)90-73(78)57-50-43-34-29-27-31-38-45-52-65(5)6/h64-69,74H,8-63H2,1-7H3,(H,79,80)(H,81,82)/t66?,67-,68-,69-/m1/s1. The Kier molecular flexibility index (Phi) is 62.4. The molecule has 0 aromatic heterocycles. The number of carbonyl (C=O) groups is 4. The van der Waals surface area contributed by atoms with Crippen LogP contribution in [0.25, 0.3) is 0 Å². The molecule has 0 saturated heterocycles. The van der Waals surface area contributed by atoms with Crippen molar-refractivity contribution in [1.82, 2.24) is 0 Å². The lowest BCUT2D eigenvalue weighted by Gasteiger charge is -2.21. The average molecular weight is 1350 g/mol. The topological polar surface area (TPSA) is 237 Å². The average Bonchev–Trinajstić information content (AvgIpc) is 1.73. The maximum atomic E-state index is 13.0. The molecule has 19 heteroatoms. The van der Waals surface area contributed by atoms with Crippen LogP contribution in [0.2, 0.25) is 0 Å². The Morgan fingerprint density at radius 1 is 0.315 bits per heavy atom. The molecule has 0 heterocycles. The van der Waals surface area contributed by atoms with E-state index in [1.54, 1.807) is 0 Å². The normalized spacial score (nSPS) is 14.4. The van der Waals surface area contributed by atoms with Crippen LogP contribution in [0, 0.1) is 17.8 Å². The lowest BCUT2D eigenvalue weighted by Crippen LogP contribution is -2.30. The highest BCUT2D eigenvalue weighted by Crippen LogP contribution is 2.45. The molecule has 0 aliphatic heterocycles. The molecule has 6 atom stereocenters. The van der Waals surface area contributed by atoms with Gasteiger partial charge in [-0.2, -0.15) is 0 Å². The third kappa shape index (κ3) is 65.4. The van der Waals surface area contributed by atoms with Crippen molar-refractivity contribution in [2.75, 3.05) is 39.6 Å². The fourth-order valence-electron chi connectivity index (χ4n) is 11.0. The Bertz CT molecular complexity index is 1800. The Morgan fingerprint density at radius 3 is 0.826 bits per heavy atom. The molecule has 3 unspecified atom stereocenters. The summed E-state index contributed by atoms with van der Waals surface area (Å²) >= 11 is 0. The number of esters is 4. The van der Waals surface area contributed by atoms with Crippen LogP contribution < -0.4 is 0 Å². The summed E-state index contributed by atoms with van der Waals surface area (Å²) in [5, 5.41) is 10.6. The third-order valence-electron chi connectivity index (χ3n) is 17.2. The highest BCUT2D eigenvalue weighted by Gasteiger charge is 2.30. The van der Waals surface area contributed by atoms with E-state index < -0.39 is 97.5 Å². The van der Waals surface area contributed by atoms with Crippen molar-refractivity contribution in [1.29, 1.82) is 0 Å². The fourth-order valence-corrected chi connectivity index (χ4v) is 12.6. The zero-order valence-corrected chi connectivity index (χ0v) is 61.8. The van der Waals surface area contributed by atoms with E-state index in [1.165, 1.54) is 173 Å². The van der Waals surface area contributed by atoms with Crippen LogP contribution in [-0.4, -0.2) is 96.7 Å². The summed E-state index contributed by atoms with van der Waals surface area (Å²) in [7, 11) is -9.91. The zero-order chi connectivity index (χ0) is 68.0. The van der Waals surface area contributed by atoms with E-state index in [9.17, 15) is 43.2 Å². The van der Waals surface area contributed by atoms with Crippen molar-refractivity contribution in [3.63, 3.8) is 0 Å². The summed E-state index contributed by atoms with van der Waals surface area (Å²) in [5.41, 5.74) is 0. The molecule has 0 aliphatic carbocycles. The number of hydrogen-bond donors (Lipinski definition) is 3. The molecule has 0 radical (unpaired) electrons. The van der Waals surface area contributed by atoms with E-state index in [0.29, 0.717) is 25.7 Å². The summed E-state index contributed by atoms with van der Waals surface area (Å²) in [6, 6.07) is 0. The Morgan fingerprint density at radius 2 is 0.554 bits per heavy atom. The second kappa shape index (κ2) is 63.8. The van der Waals surface area contributed by atoms with Crippen molar-refractivity contribution in [3.8, 4) is 0 Å². The van der Waals surface area contributed by atoms with Crippen LogP contribution >= 0.6 is 15.6 Å². The molecule has 0 saturated carbocycles. The molecule has 546 valence electrons. The van der Waals surface area contributed by atoms with Gasteiger partial charge >= 0.3 is 39.5 Å². The quantitative estimate of drug-likeness (QED) is 0.0222. The van der Waals surface area contributed by atoms with Crippen LogP contribution in [-0.2, 0) is 65.4 Å². The van der Waals surface area contributed by atoms with Gasteiger partial charge < -0.3 is 33.8 Å². The fraction of sp³-hybridized carbons (Fsp3) is 0.945. The molecule has 0 aromatic carbocycles. The van der Waals surface area contributed by atoms with Gasteiger partial charge in [-0.05, 0) is 43.4 Å². The van der Waals surface area contributed by atoms with Crippen molar-refractivity contribution in [2.45, 2.75) is 388 Å². The van der Waals surface area contributed by atoms with Gasteiger partial charge in [0.2, 0.25) is 0 Å². The van der Waals surface area contributed by atoms with Crippen LogP contribution in [0.4, 0.5) is 0 Å². The van der Waals surface area contributed by atoms with Crippen molar-refractivity contribution in [3.05, 3.63) is 0 Å². The summed E-state index contributed by atoms with van der Waals surface area (Å²) in [5.74, 6) is 0.0482.